The molecule has 0 aliphatic carbocycles. The van der Waals surface area contributed by atoms with Crippen molar-refractivity contribution >= 4 is 0 Å². The molecule has 7 nitrogen and oxygen atoms in total. The summed E-state index contributed by atoms with van der Waals surface area (Å²) in [4.78, 5) is 0. The summed E-state index contributed by atoms with van der Waals surface area (Å²) in [6, 6.07) is 0. The highest BCUT2D eigenvalue weighted by molar-refractivity contribution is 4.89. The fraction of sp³-hybridized carbons (Fsp3) is 1.00. The summed E-state index contributed by atoms with van der Waals surface area (Å²) < 4.78 is 9.69. The number of rotatable bonds is 4. The van der Waals surface area contributed by atoms with E-state index in [1.807, 2.05) is 0 Å². The van der Waals surface area contributed by atoms with Gasteiger partial charge in [-0.05, 0) is 0 Å². The van der Waals surface area contributed by atoms with Gasteiger partial charge in [-0.2, -0.15) is 0 Å². The van der Waals surface area contributed by atoms with E-state index in [1.165, 1.54) is 0 Å². The Morgan fingerprint density at radius 1 is 1.07 bits per heavy atom. The van der Waals surface area contributed by atoms with Crippen molar-refractivity contribution in [3.05, 3.63) is 0 Å². The van der Waals surface area contributed by atoms with Crippen molar-refractivity contribution in [2.24, 2.45) is 0 Å². The van der Waals surface area contributed by atoms with Crippen LogP contribution >= 0.6 is 0 Å². The Kier molecular flexibility index (Phi) is 4.87. The first kappa shape index (κ1) is 12.8. The van der Waals surface area contributed by atoms with Gasteiger partial charge in [0.25, 0.3) is 0 Å². The van der Waals surface area contributed by atoms with Crippen LogP contribution in [0.15, 0.2) is 0 Å². The van der Waals surface area contributed by atoms with E-state index in [4.69, 9.17) is 19.7 Å². The summed E-state index contributed by atoms with van der Waals surface area (Å²) in [5, 5.41) is 45.6. The molecule has 5 N–H and O–H groups in total. The first-order chi connectivity index (χ1) is 7.11. The van der Waals surface area contributed by atoms with Crippen molar-refractivity contribution in [1.82, 2.24) is 0 Å². The van der Waals surface area contributed by atoms with Gasteiger partial charge in [0, 0.05) is 0 Å². The zero-order valence-electron chi connectivity index (χ0n) is 8.06. The first-order valence-electron chi connectivity index (χ1n) is 4.64. The van der Waals surface area contributed by atoms with E-state index in [0.29, 0.717) is 0 Å². The summed E-state index contributed by atoms with van der Waals surface area (Å²) in [6.45, 7) is -0.843. The van der Waals surface area contributed by atoms with E-state index in [-0.39, 0.29) is 13.2 Å². The molecule has 1 fully saturated rings. The largest absolute Gasteiger partial charge is 0.394 e. The summed E-state index contributed by atoms with van der Waals surface area (Å²) >= 11 is 0. The molecular weight excluding hydrogens is 208 g/mol. The second-order valence-corrected chi connectivity index (χ2v) is 3.29. The quantitative estimate of drug-likeness (QED) is 0.341. The molecule has 0 radical (unpaired) electrons. The average molecular weight is 224 g/mol. The Morgan fingerprint density at radius 3 is 2.27 bits per heavy atom. The van der Waals surface area contributed by atoms with Crippen molar-refractivity contribution < 1.29 is 35.0 Å². The average Bonchev–Trinajstić information content (AvgIpc) is 2.23. The number of hydrogen-bond donors (Lipinski definition) is 5. The lowest BCUT2D eigenvalue weighted by Crippen LogP contribution is -2.59. The van der Waals surface area contributed by atoms with Crippen LogP contribution in [-0.4, -0.2) is 76.1 Å². The number of hydrogen-bond acceptors (Lipinski definition) is 7. The lowest BCUT2D eigenvalue weighted by atomic mass is 9.99. The highest BCUT2D eigenvalue weighted by Crippen LogP contribution is 2.21. The summed E-state index contributed by atoms with van der Waals surface area (Å²) in [6.07, 6.45) is -6.27. The molecule has 0 amide bonds. The molecule has 0 saturated carbocycles. The zero-order valence-corrected chi connectivity index (χ0v) is 8.06. The van der Waals surface area contributed by atoms with Crippen molar-refractivity contribution in [2.45, 2.75) is 30.7 Å². The molecule has 0 aromatic rings. The van der Waals surface area contributed by atoms with Gasteiger partial charge in [0.15, 0.2) is 6.29 Å². The van der Waals surface area contributed by atoms with E-state index >= 15 is 0 Å². The maximum atomic E-state index is 9.58. The Labute approximate surface area is 86.5 Å². The Bertz CT molecular complexity index is 188. The van der Waals surface area contributed by atoms with Crippen LogP contribution in [0.25, 0.3) is 0 Å². The summed E-state index contributed by atoms with van der Waals surface area (Å²) in [7, 11) is 0. The molecule has 0 aromatic heterocycles. The van der Waals surface area contributed by atoms with Crippen LogP contribution in [0.3, 0.4) is 0 Å². The number of aliphatic hydroxyl groups is 5. The van der Waals surface area contributed by atoms with E-state index in [9.17, 15) is 15.3 Å². The van der Waals surface area contributed by atoms with E-state index in [2.05, 4.69) is 0 Å². The summed E-state index contributed by atoms with van der Waals surface area (Å²) in [5.74, 6) is 0. The second-order valence-electron chi connectivity index (χ2n) is 3.29. The molecule has 0 unspecified atom stereocenters. The Balaban J connectivity index is 2.62. The van der Waals surface area contributed by atoms with Gasteiger partial charge in [0.1, 0.15) is 24.4 Å². The van der Waals surface area contributed by atoms with Crippen molar-refractivity contribution in [3.8, 4) is 0 Å². The van der Waals surface area contributed by atoms with Gasteiger partial charge in [-0.15, -0.1) is 0 Å². The lowest BCUT2D eigenvalue weighted by molar-refractivity contribution is -0.294. The van der Waals surface area contributed by atoms with Gasteiger partial charge in [-0.1, -0.05) is 0 Å². The van der Waals surface area contributed by atoms with Crippen LogP contribution in [-0.2, 0) is 9.47 Å². The minimum absolute atomic E-state index is 0.0797. The van der Waals surface area contributed by atoms with Crippen LogP contribution in [0, 0.1) is 0 Å². The molecule has 0 bridgehead atoms. The molecule has 7 heteroatoms. The minimum Gasteiger partial charge on any atom is -0.394 e. The van der Waals surface area contributed by atoms with Gasteiger partial charge in [0.05, 0.1) is 19.8 Å². The van der Waals surface area contributed by atoms with E-state index in [0.717, 1.165) is 0 Å². The predicted octanol–water partition coefficient (Wildman–Crippen LogP) is -3.20. The lowest BCUT2D eigenvalue weighted by Gasteiger charge is -2.39. The highest BCUT2D eigenvalue weighted by atomic mass is 16.6. The number of aliphatic hydroxyl groups excluding tert-OH is 5. The van der Waals surface area contributed by atoms with Crippen LogP contribution in [0.5, 0.6) is 0 Å². The molecule has 0 aromatic carbocycles. The molecule has 15 heavy (non-hydrogen) atoms. The third-order valence-electron chi connectivity index (χ3n) is 2.24. The number of ether oxygens (including phenoxy) is 2. The monoisotopic (exact) mass is 224 g/mol. The Hall–Kier alpha value is -0.280. The molecule has 0 spiro atoms. The molecule has 1 saturated heterocycles. The van der Waals surface area contributed by atoms with Gasteiger partial charge in [-0.3, -0.25) is 0 Å². The molecule has 1 rings (SSSR count). The standard InChI is InChI=1S/C8H16O7/c9-1-2-14-7-5(11)4(3-10)15-8(13)6(7)12/h4-13H,1-3H2/t4-,5-,6-,7+,8+/m1/s1. The van der Waals surface area contributed by atoms with E-state index < -0.39 is 37.3 Å². The normalized spacial score (nSPS) is 41.8. The van der Waals surface area contributed by atoms with Crippen LogP contribution in [0.2, 0.25) is 0 Å². The summed E-state index contributed by atoms with van der Waals surface area (Å²) in [5.41, 5.74) is 0. The highest BCUT2D eigenvalue weighted by Gasteiger charge is 2.44. The van der Waals surface area contributed by atoms with E-state index in [1.54, 1.807) is 0 Å². The molecular formula is C8H16O7. The molecule has 1 aliphatic heterocycles. The second kappa shape index (κ2) is 5.71. The third-order valence-corrected chi connectivity index (χ3v) is 2.24. The minimum atomic E-state index is -1.52. The molecule has 5 atom stereocenters. The molecule has 1 aliphatic rings. The fourth-order valence-electron chi connectivity index (χ4n) is 1.45. The first-order valence-corrected chi connectivity index (χ1v) is 4.64. The van der Waals surface area contributed by atoms with Gasteiger partial charge < -0.3 is 35.0 Å². The van der Waals surface area contributed by atoms with Gasteiger partial charge in [0.2, 0.25) is 0 Å². The van der Waals surface area contributed by atoms with Crippen molar-refractivity contribution in [3.63, 3.8) is 0 Å². The van der Waals surface area contributed by atoms with Crippen LogP contribution in [0.4, 0.5) is 0 Å². The predicted molar refractivity (Wildman–Crippen MR) is 46.8 cm³/mol. The maximum Gasteiger partial charge on any atom is 0.184 e. The van der Waals surface area contributed by atoms with Crippen molar-refractivity contribution in [2.75, 3.05) is 19.8 Å². The zero-order chi connectivity index (χ0) is 11.4. The third kappa shape index (κ3) is 2.85. The van der Waals surface area contributed by atoms with Gasteiger partial charge in [-0.25, -0.2) is 0 Å². The van der Waals surface area contributed by atoms with Crippen molar-refractivity contribution in [1.29, 1.82) is 0 Å². The fourth-order valence-corrected chi connectivity index (χ4v) is 1.45. The maximum absolute atomic E-state index is 9.58. The molecule has 1 heterocycles. The SMILES string of the molecule is OCCO[C@@H]1[C@@H](O)[C@@H](O)O[C@H](CO)[C@H]1O. The molecule has 90 valence electrons. The van der Waals surface area contributed by atoms with Crippen LogP contribution < -0.4 is 0 Å². The van der Waals surface area contributed by atoms with Crippen LogP contribution in [0.1, 0.15) is 0 Å². The smallest absolute Gasteiger partial charge is 0.184 e. The Morgan fingerprint density at radius 2 is 1.73 bits per heavy atom. The topological polar surface area (TPSA) is 120 Å². The van der Waals surface area contributed by atoms with Gasteiger partial charge >= 0.3 is 0 Å².